The van der Waals surface area contributed by atoms with E-state index in [0.717, 1.165) is 12.0 Å². The molecule has 0 aliphatic rings. The second kappa shape index (κ2) is 3.72. The van der Waals surface area contributed by atoms with E-state index in [2.05, 4.69) is 0 Å². The molecule has 1 rings (SSSR count). The molecule has 1 atom stereocenters. The van der Waals surface area contributed by atoms with Crippen LogP contribution in [0, 0.1) is 0 Å². The molecule has 0 aliphatic carbocycles. The van der Waals surface area contributed by atoms with Gasteiger partial charge in [-0.05, 0) is 24.1 Å². The molecule has 0 saturated carbocycles. The van der Waals surface area contributed by atoms with Crippen LogP contribution in [-0.2, 0) is 17.2 Å². The molecule has 0 spiro atoms. The molecule has 12 heavy (non-hydrogen) atoms. The largest absolute Gasteiger partial charge is 0.507 e. The van der Waals surface area contributed by atoms with Gasteiger partial charge in [0.05, 0.1) is 15.7 Å². The summed E-state index contributed by atoms with van der Waals surface area (Å²) in [5.74, 6) is 0.134. The molecule has 0 saturated heterocycles. The Morgan fingerprint density at radius 3 is 2.58 bits per heavy atom. The summed E-state index contributed by atoms with van der Waals surface area (Å²) in [6.07, 6.45) is 2.44. The zero-order valence-electron chi connectivity index (χ0n) is 7.20. The van der Waals surface area contributed by atoms with Crippen molar-refractivity contribution < 1.29 is 9.32 Å². The van der Waals surface area contributed by atoms with Crippen LogP contribution in [0.1, 0.15) is 12.5 Å². The third-order valence-corrected chi connectivity index (χ3v) is 2.71. The number of benzene rings is 1. The quantitative estimate of drug-likeness (QED) is 0.759. The van der Waals surface area contributed by atoms with E-state index >= 15 is 0 Å². The van der Waals surface area contributed by atoms with Gasteiger partial charge >= 0.3 is 0 Å². The highest BCUT2D eigenvalue weighted by atomic mass is 32.2. The summed E-state index contributed by atoms with van der Waals surface area (Å²) in [6.45, 7) is 2.01. The number of aromatic hydroxyl groups is 1. The Labute approximate surface area is 74.7 Å². The molecular weight excluding hydrogens is 172 g/mol. The van der Waals surface area contributed by atoms with Crippen molar-refractivity contribution in [1.82, 2.24) is 0 Å². The monoisotopic (exact) mass is 184 g/mol. The fraction of sp³-hybridized carbons (Fsp3) is 0.333. The molecule has 0 radical (unpaired) electrons. The minimum absolute atomic E-state index is 0.134. The Morgan fingerprint density at radius 1 is 1.50 bits per heavy atom. The first-order valence-corrected chi connectivity index (χ1v) is 5.36. The Balaban J connectivity index is 3.12. The molecule has 0 aromatic heterocycles. The molecule has 1 unspecified atom stereocenters. The average molecular weight is 184 g/mol. The van der Waals surface area contributed by atoms with Crippen LogP contribution < -0.4 is 0 Å². The van der Waals surface area contributed by atoms with E-state index in [1.807, 2.05) is 13.0 Å². The topological polar surface area (TPSA) is 37.3 Å². The molecular formula is C9H12O2S. The smallest absolute Gasteiger partial charge is 0.131 e. The van der Waals surface area contributed by atoms with E-state index < -0.39 is 10.8 Å². The Morgan fingerprint density at radius 2 is 2.17 bits per heavy atom. The number of hydrogen-bond donors (Lipinski definition) is 1. The van der Waals surface area contributed by atoms with E-state index in [-0.39, 0.29) is 5.75 Å². The third-order valence-electron chi connectivity index (χ3n) is 1.74. The number of phenols is 1. The normalized spacial score (nSPS) is 12.8. The number of hydrogen-bond acceptors (Lipinski definition) is 2. The van der Waals surface area contributed by atoms with Gasteiger partial charge in [0.25, 0.3) is 0 Å². The molecule has 66 valence electrons. The van der Waals surface area contributed by atoms with Gasteiger partial charge in [-0.2, -0.15) is 0 Å². The van der Waals surface area contributed by atoms with Crippen LogP contribution in [0.5, 0.6) is 5.75 Å². The molecule has 1 aromatic carbocycles. The van der Waals surface area contributed by atoms with Gasteiger partial charge in [0, 0.05) is 6.26 Å². The lowest BCUT2D eigenvalue weighted by molar-refractivity contribution is 0.460. The van der Waals surface area contributed by atoms with Crippen LogP contribution in [-0.4, -0.2) is 15.6 Å². The van der Waals surface area contributed by atoms with Crippen LogP contribution in [0.4, 0.5) is 0 Å². The fourth-order valence-electron chi connectivity index (χ4n) is 1.03. The minimum atomic E-state index is -1.10. The maximum Gasteiger partial charge on any atom is 0.131 e. The predicted octanol–water partition coefficient (Wildman–Crippen LogP) is 1.69. The zero-order valence-corrected chi connectivity index (χ0v) is 8.02. The molecule has 0 bridgehead atoms. The third kappa shape index (κ3) is 1.85. The van der Waals surface area contributed by atoms with Gasteiger partial charge in [0.2, 0.25) is 0 Å². The van der Waals surface area contributed by atoms with Crippen molar-refractivity contribution >= 4 is 10.8 Å². The lowest BCUT2D eigenvalue weighted by Crippen LogP contribution is -1.89. The van der Waals surface area contributed by atoms with Gasteiger partial charge in [-0.1, -0.05) is 13.0 Å². The van der Waals surface area contributed by atoms with Crippen LogP contribution in [0.3, 0.4) is 0 Å². The Kier molecular flexibility index (Phi) is 2.87. The maximum atomic E-state index is 11.0. The SMILES string of the molecule is CCc1ccc(S(C)=O)c(O)c1. The van der Waals surface area contributed by atoms with Crippen molar-refractivity contribution in [2.24, 2.45) is 0 Å². The summed E-state index contributed by atoms with van der Waals surface area (Å²) in [6, 6.07) is 5.26. The van der Waals surface area contributed by atoms with Crippen LogP contribution in [0.15, 0.2) is 23.1 Å². The first-order valence-electron chi connectivity index (χ1n) is 3.80. The summed E-state index contributed by atoms with van der Waals surface area (Å²) < 4.78 is 11.0. The summed E-state index contributed by atoms with van der Waals surface area (Å²) >= 11 is 0. The van der Waals surface area contributed by atoms with Crippen molar-refractivity contribution in [3.63, 3.8) is 0 Å². The second-order valence-corrected chi connectivity index (χ2v) is 3.96. The standard InChI is InChI=1S/C9H12O2S/c1-3-7-4-5-9(12(2)11)8(10)6-7/h4-6,10H,3H2,1-2H3. The van der Waals surface area contributed by atoms with Gasteiger partial charge < -0.3 is 5.11 Å². The molecule has 0 amide bonds. The molecule has 1 aromatic rings. The van der Waals surface area contributed by atoms with Crippen LogP contribution >= 0.6 is 0 Å². The second-order valence-electron chi connectivity index (χ2n) is 2.61. The van der Waals surface area contributed by atoms with Crippen molar-refractivity contribution in [2.45, 2.75) is 18.2 Å². The lowest BCUT2D eigenvalue weighted by Gasteiger charge is -2.02. The van der Waals surface area contributed by atoms with Crippen LogP contribution in [0.25, 0.3) is 0 Å². The molecule has 0 fully saturated rings. The number of rotatable bonds is 2. The summed E-state index contributed by atoms with van der Waals surface area (Å²) in [5.41, 5.74) is 1.06. The van der Waals surface area contributed by atoms with Crippen molar-refractivity contribution in [2.75, 3.05) is 6.26 Å². The van der Waals surface area contributed by atoms with Crippen molar-refractivity contribution in [3.8, 4) is 5.75 Å². The highest BCUT2D eigenvalue weighted by Gasteiger charge is 2.04. The Bertz CT molecular complexity index is 307. The van der Waals surface area contributed by atoms with Crippen molar-refractivity contribution in [3.05, 3.63) is 23.8 Å². The number of phenolic OH excluding ortho intramolecular Hbond substituents is 1. The summed E-state index contributed by atoms with van der Waals surface area (Å²) in [7, 11) is -1.10. The van der Waals surface area contributed by atoms with Gasteiger partial charge in [-0.25, -0.2) is 0 Å². The van der Waals surface area contributed by atoms with E-state index in [1.165, 1.54) is 0 Å². The van der Waals surface area contributed by atoms with E-state index in [0.29, 0.717) is 4.90 Å². The number of aryl methyl sites for hydroxylation is 1. The van der Waals surface area contributed by atoms with Gasteiger partial charge in [0.1, 0.15) is 5.75 Å². The fourth-order valence-corrected chi connectivity index (χ4v) is 1.64. The highest BCUT2D eigenvalue weighted by molar-refractivity contribution is 7.84. The Hall–Kier alpha value is -0.830. The van der Waals surface area contributed by atoms with E-state index in [1.54, 1.807) is 18.4 Å². The molecule has 0 heterocycles. The van der Waals surface area contributed by atoms with Gasteiger partial charge in [0.15, 0.2) is 0 Å². The van der Waals surface area contributed by atoms with E-state index in [4.69, 9.17) is 0 Å². The maximum absolute atomic E-state index is 11.0. The summed E-state index contributed by atoms with van der Waals surface area (Å²) in [5, 5.41) is 9.40. The predicted molar refractivity (Wildman–Crippen MR) is 49.8 cm³/mol. The summed E-state index contributed by atoms with van der Waals surface area (Å²) in [4.78, 5) is 0.507. The van der Waals surface area contributed by atoms with Crippen molar-refractivity contribution in [1.29, 1.82) is 0 Å². The van der Waals surface area contributed by atoms with Gasteiger partial charge in [-0.15, -0.1) is 0 Å². The van der Waals surface area contributed by atoms with E-state index in [9.17, 15) is 9.32 Å². The highest BCUT2D eigenvalue weighted by Crippen LogP contribution is 2.21. The first-order chi connectivity index (χ1) is 5.65. The van der Waals surface area contributed by atoms with Crippen LogP contribution in [0.2, 0.25) is 0 Å². The average Bonchev–Trinajstić information content (AvgIpc) is 2.03. The molecule has 1 N–H and O–H groups in total. The van der Waals surface area contributed by atoms with Gasteiger partial charge in [-0.3, -0.25) is 4.21 Å². The first kappa shape index (κ1) is 9.26. The molecule has 2 nitrogen and oxygen atoms in total. The minimum Gasteiger partial charge on any atom is -0.507 e. The molecule has 0 aliphatic heterocycles. The molecule has 3 heteroatoms. The lowest BCUT2D eigenvalue weighted by atomic mass is 10.2. The zero-order chi connectivity index (χ0) is 9.14.